The second-order valence-corrected chi connectivity index (χ2v) is 6.41. The van der Waals surface area contributed by atoms with Crippen LogP contribution in [-0.4, -0.2) is 51.0 Å². The maximum atomic E-state index is 5.51. The average Bonchev–Trinajstić information content (AvgIpc) is 3.10. The summed E-state index contributed by atoms with van der Waals surface area (Å²) in [5.41, 5.74) is 1.22. The Hall–Kier alpha value is -0.690. The largest absolute Gasteiger partial charge is 0.377 e. The zero-order valence-electron chi connectivity index (χ0n) is 13.5. The van der Waals surface area contributed by atoms with Crippen LogP contribution in [0.1, 0.15) is 30.8 Å². The highest BCUT2D eigenvalue weighted by molar-refractivity contribution is 7.15. The molecule has 0 radical (unpaired) electrons. The Morgan fingerprint density at radius 2 is 1.90 bits per heavy atom. The van der Waals surface area contributed by atoms with Crippen LogP contribution in [0.4, 0.5) is 5.13 Å². The molecule has 2 atom stereocenters. The molecule has 1 aliphatic heterocycles. The van der Waals surface area contributed by atoms with Crippen LogP contribution in [0.3, 0.4) is 0 Å². The van der Waals surface area contributed by atoms with Gasteiger partial charge in [0, 0.05) is 38.7 Å². The van der Waals surface area contributed by atoms with Gasteiger partial charge in [-0.05, 0) is 19.4 Å². The van der Waals surface area contributed by atoms with Crippen LogP contribution in [0.25, 0.3) is 0 Å². The third-order valence-corrected chi connectivity index (χ3v) is 5.06. The quantitative estimate of drug-likeness (QED) is 0.744. The fourth-order valence-corrected chi connectivity index (χ4v) is 3.79. The molecule has 0 aliphatic carbocycles. The molecule has 1 N–H and O–H groups in total. The van der Waals surface area contributed by atoms with Crippen LogP contribution in [0, 0.1) is 0 Å². The van der Waals surface area contributed by atoms with Crippen LogP contribution >= 0.6 is 11.3 Å². The molecule has 2 rings (SSSR count). The minimum absolute atomic E-state index is 0.130. The van der Waals surface area contributed by atoms with E-state index in [4.69, 9.17) is 14.5 Å². The summed E-state index contributed by atoms with van der Waals surface area (Å²) >= 11 is 1.80. The van der Waals surface area contributed by atoms with Crippen LogP contribution in [-0.2, 0) is 22.4 Å². The van der Waals surface area contributed by atoms with Crippen molar-refractivity contribution in [2.75, 3.05) is 38.8 Å². The summed E-state index contributed by atoms with van der Waals surface area (Å²) < 4.78 is 11.0. The monoisotopic (exact) mass is 313 g/mol. The van der Waals surface area contributed by atoms with Crippen molar-refractivity contribution in [3.8, 4) is 0 Å². The number of aromatic nitrogens is 1. The molecule has 0 saturated carbocycles. The number of hydrogen-bond acceptors (Lipinski definition) is 6. The first-order valence-corrected chi connectivity index (χ1v) is 8.54. The Bertz CT molecular complexity index is 427. The third kappa shape index (κ3) is 3.94. The number of anilines is 1. The fraction of sp³-hybridized carbons (Fsp3) is 0.800. The Morgan fingerprint density at radius 3 is 2.43 bits per heavy atom. The van der Waals surface area contributed by atoms with Crippen molar-refractivity contribution in [1.29, 1.82) is 0 Å². The molecule has 1 aromatic heterocycles. The zero-order chi connectivity index (χ0) is 15.2. The minimum atomic E-state index is 0.130. The number of methoxy groups -OCH3 is 2. The number of nitrogens with one attached hydrogen (secondary N) is 1. The zero-order valence-corrected chi connectivity index (χ0v) is 14.3. The first-order chi connectivity index (χ1) is 10.2. The lowest BCUT2D eigenvalue weighted by Crippen LogP contribution is -2.27. The minimum Gasteiger partial charge on any atom is -0.377 e. The van der Waals surface area contributed by atoms with Gasteiger partial charge in [0.15, 0.2) is 5.13 Å². The lowest BCUT2D eigenvalue weighted by molar-refractivity contribution is -0.00461. The maximum Gasteiger partial charge on any atom is 0.186 e. The van der Waals surface area contributed by atoms with Crippen LogP contribution in [0.2, 0.25) is 0 Å². The molecule has 0 bridgehead atoms. The molecule has 21 heavy (non-hydrogen) atoms. The molecule has 1 aromatic rings. The van der Waals surface area contributed by atoms with Crippen molar-refractivity contribution in [1.82, 2.24) is 10.3 Å². The van der Waals surface area contributed by atoms with Gasteiger partial charge in [-0.15, -0.1) is 11.3 Å². The second-order valence-electron chi connectivity index (χ2n) is 5.35. The first-order valence-electron chi connectivity index (χ1n) is 7.73. The van der Waals surface area contributed by atoms with Crippen LogP contribution in [0.15, 0.2) is 0 Å². The summed E-state index contributed by atoms with van der Waals surface area (Å²) in [6.07, 6.45) is 2.40. The molecule has 0 aromatic carbocycles. The molecule has 1 fully saturated rings. The molecule has 1 saturated heterocycles. The molecule has 2 unspecified atom stereocenters. The molecular weight excluding hydrogens is 286 g/mol. The van der Waals surface area contributed by atoms with Crippen LogP contribution < -0.4 is 10.2 Å². The van der Waals surface area contributed by atoms with E-state index in [-0.39, 0.29) is 12.2 Å². The number of thiazole rings is 1. The van der Waals surface area contributed by atoms with E-state index in [1.807, 2.05) is 0 Å². The van der Waals surface area contributed by atoms with Gasteiger partial charge in [-0.3, -0.25) is 0 Å². The van der Waals surface area contributed by atoms with Gasteiger partial charge in [0.05, 0.1) is 5.69 Å². The normalized spacial score (nSPS) is 22.2. The lowest BCUT2D eigenvalue weighted by atomic mass is 10.3. The van der Waals surface area contributed by atoms with Gasteiger partial charge in [0.2, 0.25) is 0 Å². The van der Waals surface area contributed by atoms with Crippen LogP contribution in [0.5, 0.6) is 0 Å². The van der Waals surface area contributed by atoms with Gasteiger partial charge in [0.25, 0.3) is 0 Å². The molecule has 1 aliphatic rings. The number of aryl methyl sites for hydroxylation is 1. The van der Waals surface area contributed by atoms with Crippen molar-refractivity contribution >= 4 is 16.5 Å². The van der Waals surface area contributed by atoms with Crippen molar-refractivity contribution in [3.63, 3.8) is 0 Å². The van der Waals surface area contributed by atoms with E-state index in [1.165, 1.54) is 10.6 Å². The summed E-state index contributed by atoms with van der Waals surface area (Å²) in [6.45, 7) is 8.04. The van der Waals surface area contributed by atoms with E-state index >= 15 is 0 Å². The SMILES string of the molecule is CCCNCc1sc(N2CC(OC)C(OC)C2)nc1CC. The summed E-state index contributed by atoms with van der Waals surface area (Å²) in [5, 5.41) is 4.57. The van der Waals surface area contributed by atoms with Gasteiger partial charge < -0.3 is 19.7 Å². The van der Waals surface area contributed by atoms with Crippen molar-refractivity contribution in [3.05, 3.63) is 10.6 Å². The summed E-state index contributed by atoms with van der Waals surface area (Å²) in [6, 6.07) is 0. The predicted octanol–water partition coefficient (Wildman–Crippen LogP) is 2.06. The van der Waals surface area contributed by atoms with E-state index in [2.05, 4.69) is 24.1 Å². The predicted molar refractivity (Wildman–Crippen MR) is 87.3 cm³/mol. The summed E-state index contributed by atoms with van der Waals surface area (Å²) in [5.74, 6) is 0. The molecule has 120 valence electrons. The summed E-state index contributed by atoms with van der Waals surface area (Å²) in [4.78, 5) is 8.46. The Kier molecular flexibility index (Phi) is 6.41. The number of rotatable bonds is 8. The van der Waals surface area contributed by atoms with Gasteiger partial charge in [0.1, 0.15) is 12.2 Å². The lowest BCUT2D eigenvalue weighted by Gasteiger charge is -2.13. The van der Waals surface area contributed by atoms with Gasteiger partial charge in [-0.25, -0.2) is 4.98 Å². The van der Waals surface area contributed by atoms with E-state index in [1.54, 1.807) is 25.6 Å². The van der Waals surface area contributed by atoms with E-state index in [9.17, 15) is 0 Å². The highest BCUT2D eigenvalue weighted by Gasteiger charge is 2.34. The standard InChI is InChI=1S/C15H27N3O2S/c1-5-7-16-8-14-11(6-2)17-15(21-14)18-9-12(19-3)13(10-18)20-4/h12-13,16H,5-10H2,1-4H3. The Labute approximate surface area is 131 Å². The number of nitrogens with zero attached hydrogens (tertiary/aromatic N) is 2. The molecule has 0 spiro atoms. The molecular formula is C15H27N3O2S. The third-order valence-electron chi connectivity index (χ3n) is 3.91. The average molecular weight is 313 g/mol. The first kappa shape index (κ1) is 16.7. The highest BCUT2D eigenvalue weighted by Crippen LogP contribution is 2.30. The summed E-state index contributed by atoms with van der Waals surface area (Å²) in [7, 11) is 3.50. The smallest absolute Gasteiger partial charge is 0.186 e. The number of hydrogen-bond donors (Lipinski definition) is 1. The van der Waals surface area contributed by atoms with Gasteiger partial charge in [-0.2, -0.15) is 0 Å². The molecule has 5 nitrogen and oxygen atoms in total. The maximum absolute atomic E-state index is 5.51. The van der Waals surface area contributed by atoms with Crippen molar-refractivity contribution in [2.45, 2.75) is 45.4 Å². The van der Waals surface area contributed by atoms with E-state index in [0.717, 1.165) is 44.2 Å². The topological polar surface area (TPSA) is 46.6 Å². The molecule has 6 heteroatoms. The molecule has 0 amide bonds. The second kappa shape index (κ2) is 8.08. The van der Waals surface area contributed by atoms with E-state index in [0.29, 0.717) is 0 Å². The highest BCUT2D eigenvalue weighted by atomic mass is 32.1. The molecule has 2 heterocycles. The Balaban J connectivity index is 2.06. The van der Waals surface area contributed by atoms with Gasteiger partial charge >= 0.3 is 0 Å². The number of ether oxygens (including phenoxy) is 2. The van der Waals surface area contributed by atoms with E-state index < -0.39 is 0 Å². The van der Waals surface area contributed by atoms with Crippen molar-refractivity contribution in [2.24, 2.45) is 0 Å². The fourth-order valence-electron chi connectivity index (χ4n) is 2.65. The van der Waals surface area contributed by atoms with Crippen molar-refractivity contribution < 1.29 is 9.47 Å². The Morgan fingerprint density at radius 1 is 1.24 bits per heavy atom. The van der Waals surface area contributed by atoms with Gasteiger partial charge in [-0.1, -0.05) is 13.8 Å².